The number of rotatable bonds is 6. The summed E-state index contributed by atoms with van der Waals surface area (Å²) in [7, 11) is 0. The van der Waals surface area contributed by atoms with Crippen molar-refractivity contribution >= 4 is 23.5 Å². The Morgan fingerprint density at radius 2 is 1.74 bits per heavy atom. The lowest BCUT2D eigenvalue weighted by Gasteiger charge is -2.43. The summed E-state index contributed by atoms with van der Waals surface area (Å²) in [6.45, 7) is 5.93. The van der Waals surface area contributed by atoms with Crippen molar-refractivity contribution in [2.75, 3.05) is 11.5 Å². The molecule has 8 heteroatoms. The predicted octanol–water partition coefficient (Wildman–Crippen LogP) is 4.27. The molecule has 1 fully saturated rings. The molecule has 0 bridgehead atoms. The average Bonchev–Trinajstić information content (AvgIpc) is 3.25. The molecule has 188 valence electrons. The smallest absolute Gasteiger partial charge is 0.358 e. The van der Waals surface area contributed by atoms with E-state index in [9.17, 15) is 14.4 Å². The van der Waals surface area contributed by atoms with Crippen LogP contribution in [0.1, 0.15) is 92.3 Å². The van der Waals surface area contributed by atoms with E-state index in [1.165, 1.54) is 30.0 Å². The largest absolute Gasteiger partial charge is 0.461 e. The van der Waals surface area contributed by atoms with Crippen LogP contribution in [-0.2, 0) is 22.5 Å². The van der Waals surface area contributed by atoms with Gasteiger partial charge in [0, 0.05) is 17.8 Å². The molecular weight excluding hydrogens is 444 g/mol. The highest BCUT2D eigenvalue weighted by Crippen LogP contribution is 2.33. The molecule has 8 nitrogen and oxygen atoms in total. The van der Waals surface area contributed by atoms with E-state index >= 15 is 0 Å². The van der Waals surface area contributed by atoms with Crippen molar-refractivity contribution < 1.29 is 19.1 Å². The number of nitrogens with zero attached hydrogens (tertiary/aromatic N) is 3. The molecule has 2 amide bonds. The first kappa shape index (κ1) is 24.9. The minimum absolute atomic E-state index is 0.0705. The Hall–Kier alpha value is -3.16. The molecule has 1 aromatic heterocycles. The number of carbonyl (C=O) groups is 3. The maximum absolute atomic E-state index is 13.9. The fourth-order valence-electron chi connectivity index (χ4n) is 5.11. The number of nitrogens with one attached hydrogen (secondary N) is 1. The Balaban J connectivity index is 1.70. The van der Waals surface area contributed by atoms with Gasteiger partial charge in [0.05, 0.1) is 13.2 Å². The molecule has 2 aliphatic rings. The zero-order valence-electron chi connectivity index (χ0n) is 21.0. The van der Waals surface area contributed by atoms with Crippen molar-refractivity contribution in [1.82, 2.24) is 15.1 Å². The Morgan fingerprint density at radius 3 is 2.37 bits per heavy atom. The Kier molecular flexibility index (Phi) is 7.57. The number of fused-ring (bicyclic) bond motifs is 1. The van der Waals surface area contributed by atoms with Crippen LogP contribution in [0.5, 0.6) is 0 Å². The summed E-state index contributed by atoms with van der Waals surface area (Å²) < 4.78 is 6.56. The van der Waals surface area contributed by atoms with E-state index in [-0.39, 0.29) is 42.4 Å². The number of hydrogen-bond donors (Lipinski definition) is 1. The second kappa shape index (κ2) is 10.6. The first-order valence-corrected chi connectivity index (χ1v) is 12.9. The summed E-state index contributed by atoms with van der Waals surface area (Å²) >= 11 is 0. The van der Waals surface area contributed by atoms with Crippen LogP contribution in [0, 0.1) is 0 Å². The highest BCUT2D eigenvalue weighted by atomic mass is 16.5. The summed E-state index contributed by atoms with van der Waals surface area (Å²) in [5, 5.41) is 7.60. The molecule has 2 aromatic rings. The molecule has 1 aliphatic heterocycles. The summed E-state index contributed by atoms with van der Waals surface area (Å²) in [5.74, 6) is -1.14. The molecule has 1 N–H and O–H groups in total. The van der Waals surface area contributed by atoms with E-state index in [0.717, 1.165) is 37.7 Å². The molecular formula is C27H36N4O4. The van der Waals surface area contributed by atoms with E-state index in [4.69, 9.17) is 4.74 Å². The van der Waals surface area contributed by atoms with Gasteiger partial charge in [-0.05, 0) is 50.8 Å². The predicted molar refractivity (Wildman–Crippen MR) is 133 cm³/mol. The number of anilines is 1. The summed E-state index contributed by atoms with van der Waals surface area (Å²) in [5.41, 5.74) is 0.921. The van der Waals surface area contributed by atoms with Gasteiger partial charge in [-0.15, -0.1) is 0 Å². The SMILES string of the molecule is CCOC(=O)c1cc2n(n1)CC(C)(C(=O)NC1CCCCCCC1)N(c1ccc(CC)cc1)C2=O. The molecule has 1 saturated carbocycles. The maximum Gasteiger partial charge on any atom is 0.358 e. The molecule has 0 spiro atoms. The van der Waals surface area contributed by atoms with Crippen LogP contribution in [-0.4, -0.2) is 45.8 Å². The first-order valence-electron chi connectivity index (χ1n) is 12.9. The quantitative estimate of drug-likeness (QED) is 0.623. The van der Waals surface area contributed by atoms with Gasteiger partial charge < -0.3 is 10.1 Å². The normalized spacial score (nSPS) is 21.1. The van der Waals surface area contributed by atoms with E-state index in [1.54, 1.807) is 18.7 Å². The van der Waals surface area contributed by atoms with Crippen molar-refractivity contribution in [2.45, 2.75) is 90.3 Å². The van der Waals surface area contributed by atoms with Crippen molar-refractivity contribution in [1.29, 1.82) is 0 Å². The number of benzene rings is 1. The van der Waals surface area contributed by atoms with Crippen molar-refractivity contribution in [3.63, 3.8) is 0 Å². The molecule has 2 heterocycles. The summed E-state index contributed by atoms with van der Waals surface area (Å²) in [4.78, 5) is 41.5. The van der Waals surface area contributed by atoms with Crippen molar-refractivity contribution in [3.8, 4) is 0 Å². The lowest BCUT2D eigenvalue weighted by molar-refractivity contribution is -0.127. The minimum Gasteiger partial charge on any atom is -0.461 e. The highest BCUT2D eigenvalue weighted by Gasteiger charge is 2.49. The van der Waals surface area contributed by atoms with Crippen LogP contribution in [0.3, 0.4) is 0 Å². The zero-order chi connectivity index (χ0) is 25.0. The molecule has 0 saturated heterocycles. The van der Waals surface area contributed by atoms with Crippen LogP contribution < -0.4 is 10.2 Å². The Morgan fingerprint density at radius 1 is 1.09 bits per heavy atom. The number of esters is 1. The van der Waals surface area contributed by atoms with Crippen LogP contribution >= 0.6 is 0 Å². The van der Waals surface area contributed by atoms with Gasteiger partial charge in [0.2, 0.25) is 5.91 Å². The van der Waals surface area contributed by atoms with Gasteiger partial charge in [0.25, 0.3) is 5.91 Å². The highest BCUT2D eigenvalue weighted by molar-refractivity contribution is 6.12. The van der Waals surface area contributed by atoms with Gasteiger partial charge in [0.15, 0.2) is 5.69 Å². The van der Waals surface area contributed by atoms with Gasteiger partial charge in [-0.2, -0.15) is 5.10 Å². The van der Waals surface area contributed by atoms with Gasteiger partial charge in [0.1, 0.15) is 11.2 Å². The summed E-state index contributed by atoms with van der Waals surface area (Å²) in [6.07, 6.45) is 8.57. The number of aryl methyl sites for hydroxylation is 1. The van der Waals surface area contributed by atoms with Gasteiger partial charge in [-0.3, -0.25) is 19.2 Å². The topological polar surface area (TPSA) is 93.5 Å². The zero-order valence-corrected chi connectivity index (χ0v) is 21.0. The lowest BCUT2D eigenvalue weighted by Crippen LogP contribution is -2.65. The molecule has 1 aromatic carbocycles. The lowest BCUT2D eigenvalue weighted by atomic mass is 9.91. The number of aromatic nitrogens is 2. The van der Waals surface area contributed by atoms with E-state index in [0.29, 0.717) is 5.69 Å². The third-order valence-electron chi connectivity index (χ3n) is 7.17. The first-order chi connectivity index (χ1) is 16.9. The van der Waals surface area contributed by atoms with E-state index in [2.05, 4.69) is 17.3 Å². The molecule has 1 unspecified atom stereocenters. The monoisotopic (exact) mass is 480 g/mol. The fourth-order valence-corrected chi connectivity index (χ4v) is 5.11. The van der Waals surface area contributed by atoms with Crippen LogP contribution in [0.4, 0.5) is 5.69 Å². The van der Waals surface area contributed by atoms with Crippen LogP contribution in [0.15, 0.2) is 30.3 Å². The molecule has 35 heavy (non-hydrogen) atoms. The van der Waals surface area contributed by atoms with Crippen molar-refractivity contribution in [3.05, 3.63) is 47.3 Å². The summed E-state index contributed by atoms with van der Waals surface area (Å²) in [6, 6.07) is 9.28. The van der Waals surface area contributed by atoms with Crippen molar-refractivity contribution in [2.24, 2.45) is 0 Å². The molecule has 1 atom stereocenters. The van der Waals surface area contributed by atoms with Gasteiger partial charge in [-0.25, -0.2) is 4.79 Å². The molecule has 0 radical (unpaired) electrons. The number of ether oxygens (including phenoxy) is 1. The Labute approximate surface area is 207 Å². The van der Waals surface area contributed by atoms with E-state index in [1.807, 2.05) is 24.3 Å². The second-order valence-electron chi connectivity index (χ2n) is 9.74. The standard InChI is InChI=1S/C27H36N4O4/c1-4-19-13-15-21(16-14-19)31-24(32)23-17-22(25(33)35-5-2)29-30(23)18-27(31,3)26(34)28-20-11-9-7-6-8-10-12-20/h13-17,20H,4-12,18H2,1-3H3,(H,28,34). The third-order valence-corrected chi connectivity index (χ3v) is 7.17. The van der Waals surface area contributed by atoms with Gasteiger partial charge >= 0.3 is 5.97 Å². The fraction of sp³-hybridized carbons (Fsp3) is 0.556. The van der Waals surface area contributed by atoms with Crippen LogP contribution in [0.2, 0.25) is 0 Å². The number of amides is 2. The number of hydrogen-bond acceptors (Lipinski definition) is 5. The minimum atomic E-state index is -1.21. The molecule has 1 aliphatic carbocycles. The van der Waals surface area contributed by atoms with E-state index < -0.39 is 11.5 Å². The average molecular weight is 481 g/mol. The number of carbonyl (C=O) groups excluding carboxylic acids is 3. The van der Waals surface area contributed by atoms with Gasteiger partial charge in [-0.1, -0.05) is 51.2 Å². The third kappa shape index (κ3) is 5.11. The Bertz CT molecular complexity index is 1070. The second-order valence-corrected chi connectivity index (χ2v) is 9.74. The van der Waals surface area contributed by atoms with Crippen LogP contribution in [0.25, 0.3) is 0 Å². The maximum atomic E-state index is 13.9. The molecule has 4 rings (SSSR count).